The number of nitrogens with zero attached hydrogens (tertiary/aromatic N) is 2. The van der Waals surface area contributed by atoms with Crippen LogP contribution >= 0.6 is 0 Å². The number of likely N-dealkylation sites (N-methyl/N-ethyl adjacent to an activating group) is 1. The molecule has 0 amide bonds. The van der Waals surface area contributed by atoms with Gasteiger partial charge in [-0.05, 0) is 19.5 Å². The van der Waals surface area contributed by atoms with E-state index in [0.717, 1.165) is 5.82 Å². The molecular weight excluding hydrogens is 234 g/mol. The van der Waals surface area contributed by atoms with E-state index >= 15 is 0 Å². The maximum absolute atomic E-state index is 4.48. The first-order valence-corrected chi connectivity index (χ1v) is 6.90. The lowest BCUT2D eigenvalue weighted by atomic mass is 10.00. The Kier molecular flexibility index (Phi) is 4.38. The van der Waals surface area contributed by atoms with E-state index < -0.39 is 0 Å². The van der Waals surface area contributed by atoms with E-state index in [9.17, 15) is 0 Å². The molecular formula is C16H23N3. The zero-order valence-corrected chi connectivity index (χ0v) is 12.2. The summed E-state index contributed by atoms with van der Waals surface area (Å²) < 4.78 is 2.28. The van der Waals surface area contributed by atoms with Gasteiger partial charge in [-0.1, -0.05) is 44.2 Å². The van der Waals surface area contributed by atoms with Crippen molar-refractivity contribution in [3.63, 3.8) is 0 Å². The van der Waals surface area contributed by atoms with Gasteiger partial charge in [0, 0.05) is 18.3 Å². The predicted molar refractivity (Wildman–Crippen MR) is 79.3 cm³/mol. The molecule has 1 aromatic carbocycles. The van der Waals surface area contributed by atoms with E-state index in [4.69, 9.17) is 0 Å². The van der Waals surface area contributed by atoms with Gasteiger partial charge in [0.05, 0.1) is 12.1 Å². The lowest BCUT2D eigenvalue weighted by molar-refractivity contribution is 0.387. The molecule has 0 aliphatic heterocycles. The lowest BCUT2D eigenvalue weighted by Crippen LogP contribution is -2.26. The summed E-state index contributed by atoms with van der Waals surface area (Å²) >= 11 is 0. The second kappa shape index (κ2) is 6.02. The van der Waals surface area contributed by atoms with Crippen molar-refractivity contribution in [1.82, 2.24) is 14.9 Å². The largest absolute Gasteiger partial charge is 0.330 e. The van der Waals surface area contributed by atoms with Crippen LogP contribution in [-0.2, 0) is 0 Å². The third kappa shape index (κ3) is 2.87. The molecule has 2 rings (SSSR count). The number of aromatic nitrogens is 2. The molecule has 3 nitrogen and oxygen atoms in total. The summed E-state index contributed by atoms with van der Waals surface area (Å²) in [4.78, 5) is 4.48. The zero-order valence-electron chi connectivity index (χ0n) is 12.2. The number of benzene rings is 1. The zero-order chi connectivity index (χ0) is 13.8. The number of hydrogen-bond acceptors (Lipinski definition) is 2. The maximum atomic E-state index is 4.48. The minimum Gasteiger partial charge on any atom is -0.330 e. The Morgan fingerprint density at radius 1 is 1.11 bits per heavy atom. The normalized spacial score (nSPS) is 14.6. The monoisotopic (exact) mass is 257 g/mol. The molecule has 3 heteroatoms. The van der Waals surface area contributed by atoms with E-state index in [-0.39, 0.29) is 6.04 Å². The molecule has 2 unspecified atom stereocenters. The summed E-state index contributed by atoms with van der Waals surface area (Å²) in [7, 11) is 2.01. The van der Waals surface area contributed by atoms with E-state index in [1.54, 1.807) is 0 Å². The summed E-state index contributed by atoms with van der Waals surface area (Å²) in [6, 6.07) is 11.2. The Morgan fingerprint density at radius 3 is 2.37 bits per heavy atom. The smallest absolute Gasteiger partial charge is 0.111 e. The first kappa shape index (κ1) is 13.8. The van der Waals surface area contributed by atoms with Crippen LogP contribution in [-0.4, -0.2) is 16.6 Å². The Morgan fingerprint density at radius 2 is 1.79 bits per heavy atom. The van der Waals surface area contributed by atoms with Gasteiger partial charge in [-0.2, -0.15) is 0 Å². The standard InChI is InChI=1S/C16H23N3/c1-12(2)16-18-10-11-19(16)13(3)15(17-4)14-8-6-5-7-9-14/h5-13,15,17H,1-4H3. The van der Waals surface area contributed by atoms with Gasteiger partial charge in [0.15, 0.2) is 0 Å². The highest BCUT2D eigenvalue weighted by molar-refractivity contribution is 5.20. The van der Waals surface area contributed by atoms with Gasteiger partial charge in [0.25, 0.3) is 0 Å². The number of rotatable bonds is 5. The van der Waals surface area contributed by atoms with Crippen LogP contribution in [0.4, 0.5) is 0 Å². The van der Waals surface area contributed by atoms with E-state index in [0.29, 0.717) is 12.0 Å². The highest BCUT2D eigenvalue weighted by Crippen LogP contribution is 2.28. The number of imidazole rings is 1. The Bertz CT molecular complexity index is 502. The predicted octanol–water partition coefficient (Wildman–Crippen LogP) is 3.53. The van der Waals surface area contributed by atoms with Crippen molar-refractivity contribution in [1.29, 1.82) is 0 Å². The van der Waals surface area contributed by atoms with E-state index in [1.165, 1.54) is 5.56 Å². The minimum absolute atomic E-state index is 0.285. The lowest BCUT2D eigenvalue weighted by Gasteiger charge is -2.27. The number of hydrogen-bond donors (Lipinski definition) is 1. The Balaban J connectivity index is 2.31. The van der Waals surface area contributed by atoms with Crippen molar-refractivity contribution in [2.45, 2.75) is 38.8 Å². The van der Waals surface area contributed by atoms with Crippen LogP contribution in [0.15, 0.2) is 42.7 Å². The molecule has 0 saturated carbocycles. The second-order valence-corrected chi connectivity index (χ2v) is 5.27. The molecule has 0 aliphatic carbocycles. The number of nitrogens with one attached hydrogen (secondary N) is 1. The van der Waals surface area contributed by atoms with Crippen LogP contribution in [0.25, 0.3) is 0 Å². The molecule has 0 radical (unpaired) electrons. The van der Waals surface area contributed by atoms with Gasteiger partial charge in [0.1, 0.15) is 5.82 Å². The van der Waals surface area contributed by atoms with Gasteiger partial charge in [-0.25, -0.2) is 4.98 Å². The van der Waals surface area contributed by atoms with Crippen molar-refractivity contribution in [2.75, 3.05) is 7.05 Å². The molecule has 2 aromatic rings. The van der Waals surface area contributed by atoms with Crippen LogP contribution in [0, 0.1) is 0 Å². The third-order valence-electron chi connectivity index (χ3n) is 3.61. The average molecular weight is 257 g/mol. The van der Waals surface area contributed by atoms with Crippen molar-refractivity contribution in [2.24, 2.45) is 0 Å². The molecule has 102 valence electrons. The Hall–Kier alpha value is -1.61. The van der Waals surface area contributed by atoms with Crippen molar-refractivity contribution < 1.29 is 0 Å². The van der Waals surface area contributed by atoms with Crippen LogP contribution < -0.4 is 5.32 Å². The molecule has 0 saturated heterocycles. The first-order valence-electron chi connectivity index (χ1n) is 6.90. The van der Waals surface area contributed by atoms with Gasteiger partial charge in [-0.15, -0.1) is 0 Å². The van der Waals surface area contributed by atoms with Gasteiger partial charge >= 0.3 is 0 Å². The fourth-order valence-corrected chi connectivity index (χ4v) is 2.62. The molecule has 0 bridgehead atoms. The molecule has 19 heavy (non-hydrogen) atoms. The molecule has 0 aliphatic rings. The summed E-state index contributed by atoms with van der Waals surface area (Å²) in [5.41, 5.74) is 1.31. The summed E-state index contributed by atoms with van der Waals surface area (Å²) in [6.07, 6.45) is 3.97. The average Bonchev–Trinajstić information content (AvgIpc) is 2.90. The molecule has 2 atom stereocenters. The SMILES string of the molecule is CNC(c1ccccc1)C(C)n1ccnc1C(C)C. The highest BCUT2D eigenvalue weighted by Gasteiger charge is 2.21. The van der Waals surface area contributed by atoms with Gasteiger partial charge < -0.3 is 9.88 Å². The van der Waals surface area contributed by atoms with Crippen LogP contribution in [0.1, 0.15) is 50.2 Å². The van der Waals surface area contributed by atoms with Crippen molar-refractivity contribution in [3.05, 3.63) is 54.1 Å². The second-order valence-electron chi connectivity index (χ2n) is 5.27. The topological polar surface area (TPSA) is 29.9 Å². The van der Waals surface area contributed by atoms with Crippen LogP contribution in [0.2, 0.25) is 0 Å². The summed E-state index contributed by atoms with van der Waals surface area (Å²) in [6.45, 7) is 6.60. The van der Waals surface area contributed by atoms with Crippen LogP contribution in [0.3, 0.4) is 0 Å². The maximum Gasteiger partial charge on any atom is 0.111 e. The fraction of sp³-hybridized carbons (Fsp3) is 0.438. The van der Waals surface area contributed by atoms with Gasteiger partial charge in [0.2, 0.25) is 0 Å². The molecule has 1 N–H and O–H groups in total. The fourth-order valence-electron chi connectivity index (χ4n) is 2.62. The van der Waals surface area contributed by atoms with Crippen molar-refractivity contribution >= 4 is 0 Å². The molecule has 1 aromatic heterocycles. The van der Waals surface area contributed by atoms with Crippen molar-refractivity contribution in [3.8, 4) is 0 Å². The summed E-state index contributed by atoms with van der Waals surface area (Å²) in [5.74, 6) is 1.58. The highest BCUT2D eigenvalue weighted by atomic mass is 15.1. The third-order valence-corrected chi connectivity index (χ3v) is 3.61. The van der Waals surface area contributed by atoms with Crippen LogP contribution in [0.5, 0.6) is 0 Å². The minimum atomic E-state index is 0.285. The molecule has 0 fully saturated rings. The quantitative estimate of drug-likeness (QED) is 0.888. The van der Waals surface area contributed by atoms with E-state index in [2.05, 4.69) is 72.2 Å². The Labute approximate surface area is 115 Å². The first-order chi connectivity index (χ1) is 9.15. The summed E-state index contributed by atoms with van der Waals surface area (Å²) in [5, 5.41) is 3.42. The van der Waals surface area contributed by atoms with E-state index in [1.807, 2.05) is 13.2 Å². The molecule has 0 spiro atoms. The van der Waals surface area contributed by atoms with Gasteiger partial charge in [-0.3, -0.25) is 0 Å². The molecule has 1 heterocycles.